The largest absolute Gasteiger partial charge is 0.487 e. The summed E-state index contributed by atoms with van der Waals surface area (Å²) in [6, 6.07) is 14.0. The molecule has 0 atom stereocenters. The number of benzene rings is 2. The highest BCUT2D eigenvalue weighted by atomic mass is 127. The van der Waals surface area contributed by atoms with Crippen LogP contribution in [0.3, 0.4) is 0 Å². The van der Waals surface area contributed by atoms with Gasteiger partial charge in [-0.1, -0.05) is 54.3 Å². The molecule has 8 heteroatoms. The van der Waals surface area contributed by atoms with Crippen molar-refractivity contribution >= 4 is 85.6 Å². The van der Waals surface area contributed by atoms with Gasteiger partial charge in [-0.3, -0.25) is 4.79 Å². The number of amides is 1. The maximum Gasteiger partial charge on any atom is 0.259 e. The lowest BCUT2D eigenvalue weighted by Crippen LogP contribution is -2.22. The van der Waals surface area contributed by atoms with Crippen molar-refractivity contribution in [3.63, 3.8) is 0 Å². The summed E-state index contributed by atoms with van der Waals surface area (Å²) in [6.45, 7) is 0.522. The first-order chi connectivity index (χ1) is 12.0. The highest BCUT2D eigenvalue weighted by Gasteiger charge is 2.26. The molecule has 0 aromatic heterocycles. The van der Waals surface area contributed by atoms with Crippen molar-refractivity contribution in [2.45, 2.75) is 6.61 Å². The molecule has 0 N–H and O–H groups in total. The Morgan fingerprint density at radius 2 is 1.92 bits per heavy atom. The number of ether oxygens (including phenoxy) is 1. The van der Waals surface area contributed by atoms with Crippen LogP contribution in [0.25, 0.3) is 0 Å². The highest BCUT2D eigenvalue weighted by Crippen LogP contribution is 2.29. The molecule has 0 aliphatic carbocycles. The summed E-state index contributed by atoms with van der Waals surface area (Å²) in [5.74, 6) is 1.13. The van der Waals surface area contributed by atoms with E-state index in [1.54, 1.807) is 6.21 Å². The van der Waals surface area contributed by atoms with Gasteiger partial charge >= 0.3 is 0 Å². The van der Waals surface area contributed by atoms with Crippen LogP contribution in [0.1, 0.15) is 11.1 Å². The molecule has 2 aromatic carbocycles. The van der Waals surface area contributed by atoms with Crippen molar-refractivity contribution in [3.05, 3.63) is 60.7 Å². The van der Waals surface area contributed by atoms with Crippen molar-refractivity contribution in [2.75, 3.05) is 5.75 Å². The Labute approximate surface area is 182 Å². The van der Waals surface area contributed by atoms with E-state index in [2.05, 4.69) is 50.3 Å². The van der Waals surface area contributed by atoms with Gasteiger partial charge in [0.2, 0.25) is 0 Å². The molecule has 1 saturated heterocycles. The summed E-state index contributed by atoms with van der Waals surface area (Å²) in [5.41, 5.74) is 2.02. The van der Waals surface area contributed by atoms with Crippen molar-refractivity contribution < 1.29 is 9.53 Å². The van der Waals surface area contributed by atoms with Crippen LogP contribution in [0, 0.1) is 7.14 Å². The molecule has 0 spiro atoms. The topological polar surface area (TPSA) is 41.9 Å². The third-order valence-corrected chi connectivity index (χ3v) is 6.24. The summed E-state index contributed by atoms with van der Waals surface area (Å²) in [7, 11) is 0. The zero-order valence-corrected chi connectivity index (χ0v) is 18.8. The number of halogens is 2. The van der Waals surface area contributed by atoms with Gasteiger partial charge in [0.05, 0.1) is 19.1 Å². The van der Waals surface area contributed by atoms with Gasteiger partial charge in [-0.25, -0.2) is 0 Å². The SMILES string of the molecule is O=C1CSC(=S)N1/N=C/c1cc(I)c(OCc2ccccc2)c(I)c1. The van der Waals surface area contributed by atoms with E-state index in [1.165, 1.54) is 16.8 Å². The first-order valence-electron chi connectivity index (χ1n) is 7.24. The first-order valence-corrected chi connectivity index (χ1v) is 10.8. The molecule has 3 rings (SSSR count). The Kier molecular flexibility index (Phi) is 6.69. The molecule has 1 aliphatic rings. The average Bonchev–Trinajstić information content (AvgIpc) is 2.91. The zero-order chi connectivity index (χ0) is 17.8. The Morgan fingerprint density at radius 1 is 1.24 bits per heavy atom. The fourth-order valence-electron chi connectivity index (χ4n) is 2.11. The Morgan fingerprint density at radius 3 is 2.52 bits per heavy atom. The number of thioether (sulfide) groups is 1. The molecule has 1 fully saturated rings. The standard InChI is InChI=1S/C17H12I2N2O2S2/c18-13-6-12(8-20-21-15(22)10-25-17(21)24)7-14(19)16(13)23-9-11-4-2-1-3-5-11/h1-8H,9-10H2/b20-8+. The zero-order valence-electron chi connectivity index (χ0n) is 12.8. The number of rotatable bonds is 5. The van der Waals surface area contributed by atoms with E-state index >= 15 is 0 Å². The van der Waals surface area contributed by atoms with E-state index in [4.69, 9.17) is 17.0 Å². The van der Waals surface area contributed by atoms with Crippen LogP contribution >= 0.6 is 69.2 Å². The molecule has 1 heterocycles. The lowest BCUT2D eigenvalue weighted by molar-refractivity contribution is -0.123. The number of hydrogen-bond donors (Lipinski definition) is 0. The van der Waals surface area contributed by atoms with E-state index in [0.29, 0.717) is 16.7 Å². The van der Waals surface area contributed by atoms with E-state index in [-0.39, 0.29) is 5.91 Å². The van der Waals surface area contributed by atoms with E-state index < -0.39 is 0 Å². The van der Waals surface area contributed by atoms with Gasteiger partial charge in [0.15, 0.2) is 4.32 Å². The first kappa shape index (κ1) is 19.1. The minimum atomic E-state index is -0.0848. The van der Waals surface area contributed by atoms with Gasteiger partial charge < -0.3 is 4.74 Å². The molecular weight excluding hydrogens is 582 g/mol. The third kappa shape index (κ3) is 4.92. The van der Waals surface area contributed by atoms with Gasteiger partial charge in [0.25, 0.3) is 5.91 Å². The Balaban J connectivity index is 1.73. The maximum absolute atomic E-state index is 11.7. The third-order valence-electron chi connectivity index (χ3n) is 3.30. The van der Waals surface area contributed by atoms with Gasteiger partial charge in [0, 0.05) is 0 Å². The van der Waals surface area contributed by atoms with Crippen molar-refractivity contribution in [1.82, 2.24) is 5.01 Å². The van der Waals surface area contributed by atoms with E-state index in [1.807, 2.05) is 42.5 Å². The van der Waals surface area contributed by atoms with Crippen molar-refractivity contribution in [3.8, 4) is 5.75 Å². The fraction of sp³-hybridized carbons (Fsp3) is 0.118. The molecule has 25 heavy (non-hydrogen) atoms. The quantitative estimate of drug-likeness (QED) is 0.287. The van der Waals surface area contributed by atoms with Crippen LogP contribution in [0.15, 0.2) is 47.6 Å². The van der Waals surface area contributed by atoms with Gasteiger partial charge in [-0.15, -0.1) is 0 Å². The molecule has 0 radical (unpaired) electrons. The second-order valence-corrected chi connectivity index (χ2v) is 9.03. The molecule has 1 aliphatic heterocycles. The molecule has 128 valence electrons. The molecular formula is C17H12I2N2O2S2. The predicted octanol–water partition coefficient (Wildman–Crippen LogP) is 4.67. The van der Waals surface area contributed by atoms with Gasteiger partial charge in [-0.05, 0) is 68.4 Å². The number of nitrogens with zero attached hydrogens (tertiary/aromatic N) is 2. The van der Waals surface area contributed by atoms with Crippen LogP contribution in [-0.4, -0.2) is 27.2 Å². The van der Waals surface area contributed by atoms with Crippen LogP contribution in [0.5, 0.6) is 5.75 Å². The molecule has 0 unspecified atom stereocenters. The highest BCUT2D eigenvalue weighted by molar-refractivity contribution is 14.1. The molecule has 1 amide bonds. The molecule has 0 saturated carbocycles. The molecule has 2 aromatic rings. The minimum Gasteiger partial charge on any atom is -0.487 e. The number of hydrogen-bond acceptors (Lipinski definition) is 5. The number of carbonyl (C=O) groups excluding carboxylic acids is 1. The molecule has 4 nitrogen and oxygen atoms in total. The van der Waals surface area contributed by atoms with E-state index in [9.17, 15) is 4.79 Å². The summed E-state index contributed by atoms with van der Waals surface area (Å²) in [5, 5.41) is 5.49. The normalized spacial score (nSPS) is 14.6. The Bertz CT molecular complexity index is 805. The summed E-state index contributed by atoms with van der Waals surface area (Å²) >= 11 is 10.9. The van der Waals surface area contributed by atoms with Crippen LogP contribution in [0.4, 0.5) is 0 Å². The fourth-order valence-corrected chi connectivity index (χ4v) is 5.20. The molecule has 0 bridgehead atoms. The van der Waals surface area contributed by atoms with Gasteiger partial charge in [-0.2, -0.15) is 10.1 Å². The van der Waals surface area contributed by atoms with E-state index in [0.717, 1.165) is 24.0 Å². The minimum absolute atomic E-state index is 0.0848. The maximum atomic E-state index is 11.7. The second kappa shape index (κ2) is 8.78. The monoisotopic (exact) mass is 594 g/mol. The average molecular weight is 594 g/mol. The summed E-state index contributed by atoms with van der Waals surface area (Å²) in [6.07, 6.45) is 1.65. The number of thiocarbonyl (C=S) groups is 1. The predicted molar refractivity (Wildman–Crippen MR) is 122 cm³/mol. The number of carbonyl (C=O) groups is 1. The smallest absolute Gasteiger partial charge is 0.259 e. The van der Waals surface area contributed by atoms with Crippen molar-refractivity contribution in [2.24, 2.45) is 5.10 Å². The lowest BCUT2D eigenvalue weighted by Gasteiger charge is -2.12. The van der Waals surface area contributed by atoms with Crippen LogP contribution in [0.2, 0.25) is 0 Å². The lowest BCUT2D eigenvalue weighted by atomic mass is 10.2. The second-order valence-electron chi connectivity index (χ2n) is 5.09. The van der Waals surface area contributed by atoms with Gasteiger partial charge in [0.1, 0.15) is 12.4 Å². The van der Waals surface area contributed by atoms with Crippen molar-refractivity contribution in [1.29, 1.82) is 0 Å². The summed E-state index contributed by atoms with van der Waals surface area (Å²) in [4.78, 5) is 11.7. The number of hydrazone groups is 1. The Hall–Kier alpha value is -0.720. The van der Waals surface area contributed by atoms with Crippen LogP contribution in [-0.2, 0) is 11.4 Å². The summed E-state index contributed by atoms with van der Waals surface area (Å²) < 4.78 is 8.45. The van der Waals surface area contributed by atoms with Crippen LogP contribution < -0.4 is 4.74 Å².